The minimum atomic E-state index is -3.41. The van der Waals surface area contributed by atoms with E-state index in [1.807, 2.05) is 0 Å². The molecule has 4 rings (SSSR count). The van der Waals surface area contributed by atoms with Crippen molar-refractivity contribution in [3.05, 3.63) is 29.3 Å². The molecule has 3 aliphatic rings. The van der Waals surface area contributed by atoms with E-state index in [0.29, 0.717) is 43.5 Å². The summed E-state index contributed by atoms with van der Waals surface area (Å²) >= 11 is 0. The van der Waals surface area contributed by atoms with Gasteiger partial charge in [-0.15, -0.1) is 0 Å². The number of esters is 1. The van der Waals surface area contributed by atoms with Crippen molar-refractivity contribution in [3.8, 4) is 0 Å². The Morgan fingerprint density at radius 2 is 1.85 bits per heavy atom. The van der Waals surface area contributed by atoms with Gasteiger partial charge >= 0.3 is 12.0 Å². The number of fused-ring (bicyclic) bond motifs is 1. The number of carbonyl (C=O) groups excluding carboxylic acids is 4. The van der Waals surface area contributed by atoms with E-state index in [1.165, 1.54) is 10.4 Å². The number of amides is 3. The Bertz CT molecular complexity index is 1110. The summed E-state index contributed by atoms with van der Waals surface area (Å²) in [5.41, 5.74) is 0.663. The molecule has 0 atom stereocenters. The van der Waals surface area contributed by atoms with Gasteiger partial charge in [0.1, 0.15) is 12.1 Å². The van der Waals surface area contributed by atoms with Gasteiger partial charge in [-0.1, -0.05) is 19.3 Å². The average Bonchev–Trinajstić information content (AvgIpc) is 3.00. The van der Waals surface area contributed by atoms with Gasteiger partial charge in [0.05, 0.1) is 11.9 Å². The fraction of sp³-hybridized carbons (Fsp3) is 0.545. The van der Waals surface area contributed by atoms with Crippen LogP contribution in [0.25, 0.3) is 0 Å². The quantitative estimate of drug-likeness (QED) is 0.372. The van der Waals surface area contributed by atoms with Crippen LogP contribution in [0.4, 0.5) is 10.5 Å². The third-order valence-electron chi connectivity index (χ3n) is 6.48. The zero-order chi connectivity index (χ0) is 23.8. The van der Waals surface area contributed by atoms with Crippen LogP contribution in [0.1, 0.15) is 54.4 Å². The first-order valence-corrected chi connectivity index (χ1v) is 12.9. The Hall–Kier alpha value is -2.95. The first-order valence-electron chi connectivity index (χ1n) is 11.0. The predicted octanol–water partition coefficient (Wildman–Crippen LogP) is 1.38. The molecule has 1 aliphatic carbocycles. The Morgan fingerprint density at radius 1 is 1.12 bits per heavy atom. The molecule has 2 fully saturated rings. The SMILES string of the molecule is CS(=O)(=O)N1CCCc2cc(C(=O)COC(=O)CN3C(=O)NC4(CCCCC4)C3=O)ccc21. The van der Waals surface area contributed by atoms with Crippen molar-refractivity contribution in [2.75, 3.05) is 30.3 Å². The fourth-order valence-electron chi connectivity index (χ4n) is 4.80. The topological polar surface area (TPSA) is 130 Å². The summed E-state index contributed by atoms with van der Waals surface area (Å²) in [6.45, 7) is -0.698. The van der Waals surface area contributed by atoms with Crippen molar-refractivity contribution in [3.63, 3.8) is 0 Å². The number of sulfonamides is 1. The van der Waals surface area contributed by atoms with Gasteiger partial charge < -0.3 is 10.1 Å². The minimum absolute atomic E-state index is 0.299. The Balaban J connectivity index is 1.36. The van der Waals surface area contributed by atoms with Gasteiger partial charge in [-0.05, 0) is 49.4 Å². The summed E-state index contributed by atoms with van der Waals surface area (Å²) in [7, 11) is -3.41. The largest absolute Gasteiger partial charge is 0.456 e. The van der Waals surface area contributed by atoms with Gasteiger partial charge in [-0.25, -0.2) is 13.2 Å². The average molecular weight is 478 g/mol. The summed E-state index contributed by atoms with van der Waals surface area (Å²) < 4.78 is 30.3. The molecule has 0 aromatic heterocycles. The van der Waals surface area contributed by atoms with E-state index in [4.69, 9.17) is 4.74 Å². The van der Waals surface area contributed by atoms with Crippen LogP contribution in [-0.2, 0) is 30.8 Å². The standard InChI is InChI=1S/C22H27N3O7S/c1-33(30,31)25-11-5-6-15-12-16(7-8-17(15)25)18(26)14-32-19(27)13-24-20(28)22(23-21(24)29)9-3-2-4-10-22/h7-8,12H,2-6,9-11,13-14H2,1H3,(H,23,29). The molecule has 1 saturated carbocycles. The highest BCUT2D eigenvalue weighted by Gasteiger charge is 2.51. The lowest BCUT2D eigenvalue weighted by Crippen LogP contribution is -2.48. The molecule has 0 bridgehead atoms. The van der Waals surface area contributed by atoms with Crippen molar-refractivity contribution in [2.45, 2.75) is 50.5 Å². The number of ether oxygens (including phenoxy) is 1. The van der Waals surface area contributed by atoms with Crippen LogP contribution in [-0.4, -0.2) is 68.5 Å². The van der Waals surface area contributed by atoms with Crippen LogP contribution in [0.2, 0.25) is 0 Å². The van der Waals surface area contributed by atoms with Crippen LogP contribution < -0.4 is 9.62 Å². The molecule has 1 spiro atoms. The molecule has 178 valence electrons. The molecule has 0 radical (unpaired) electrons. The highest BCUT2D eigenvalue weighted by atomic mass is 32.2. The third kappa shape index (κ3) is 4.59. The maximum atomic E-state index is 12.7. The highest BCUT2D eigenvalue weighted by molar-refractivity contribution is 7.92. The third-order valence-corrected chi connectivity index (χ3v) is 7.66. The number of benzene rings is 1. The van der Waals surface area contributed by atoms with Gasteiger partial charge in [0, 0.05) is 12.1 Å². The van der Waals surface area contributed by atoms with Crippen LogP contribution in [0.3, 0.4) is 0 Å². The molecule has 2 aliphatic heterocycles. The number of ketones is 1. The zero-order valence-electron chi connectivity index (χ0n) is 18.5. The van der Waals surface area contributed by atoms with Crippen molar-refractivity contribution >= 4 is 39.4 Å². The number of nitrogens with zero attached hydrogens (tertiary/aromatic N) is 2. The fourth-order valence-corrected chi connectivity index (χ4v) is 5.79. The number of rotatable bonds is 6. The molecule has 3 amide bonds. The summed E-state index contributed by atoms with van der Waals surface area (Å²) in [6, 6.07) is 4.09. The number of hydrogen-bond acceptors (Lipinski definition) is 7. The molecule has 1 N–H and O–H groups in total. The lowest BCUT2D eigenvalue weighted by Gasteiger charge is -2.30. The Labute approximate surface area is 192 Å². The monoisotopic (exact) mass is 477 g/mol. The number of urea groups is 1. The number of imide groups is 1. The van der Waals surface area contributed by atoms with Gasteiger partial charge in [0.2, 0.25) is 10.0 Å². The van der Waals surface area contributed by atoms with E-state index >= 15 is 0 Å². The van der Waals surface area contributed by atoms with Crippen molar-refractivity contribution in [2.24, 2.45) is 0 Å². The van der Waals surface area contributed by atoms with Crippen molar-refractivity contribution in [1.29, 1.82) is 0 Å². The number of anilines is 1. The summed E-state index contributed by atoms with van der Waals surface area (Å²) in [6.07, 6.45) is 6.19. The maximum Gasteiger partial charge on any atom is 0.326 e. The van der Waals surface area contributed by atoms with Crippen LogP contribution >= 0.6 is 0 Å². The molecule has 11 heteroatoms. The van der Waals surface area contributed by atoms with Crippen LogP contribution in [0.15, 0.2) is 18.2 Å². The van der Waals surface area contributed by atoms with Gasteiger partial charge in [-0.3, -0.25) is 23.6 Å². The number of Topliss-reactive ketones (excluding diaryl/α,β-unsaturated/α-hetero) is 1. The molecule has 10 nitrogen and oxygen atoms in total. The molecule has 33 heavy (non-hydrogen) atoms. The number of hydrogen-bond donors (Lipinski definition) is 1. The molecule has 1 aromatic carbocycles. The summed E-state index contributed by atoms with van der Waals surface area (Å²) in [5.74, 6) is -1.72. The second kappa shape index (κ2) is 8.77. The van der Waals surface area contributed by atoms with Gasteiger partial charge in [0.25, 0.3) is 5.91 Å². The number of aryl methyl sites for hydroxylation is 1. The van der Waals surface area contributed by atoms with E-state index in [1.54, 1.807) is 12.1 Å². The first kappa shape index (κ1) is 23.2. The highest BCUT2D eigenvalue weighted by Crippen LogP contribution is 2.33. The van der Waals surface area contributed by atoms with E-state index in [2.05, 4.69) is 5.32 Å². The smallest absolute Gasteiger partial charge is 0.326 e. The lowest BCUT2D eigenvalue weighted by atomic mass is 9.82. The number of nitrogens with one attached hydrogen (secondary N) is 1. The normalized spacial score (nSPS) is 19.9. The maximum absolute atomic E-state index is 12.7. The van der Waals surface area contributed by atoms with Crippen LogP contribution in [0.5, 0.6) is 0 Å². The first-order chi connectivity index (χ1) is 15.6. The number of carbonyl (C=O) groups is 4. The Kier molecular flexibility index (Phi) is 6.17. The van der Waals surface area contributed by atoms with E-state index in [-0.39, 0.29) is 0 Å². The molecular weight excluding hydrogens is 450 g/mol. The van der Waals surface area contributed by atoms with Crippen molar-refractivity contribution in [1.82, 2.24) is 10.2 Å². The molecular formula is C22H27N3O7S. The summed E-state index contributed by atoms with van der Waals surface area (Å²) in [5, 5.41) is 2.72. The van der Waals surface area contributed by atoms with E-state index < -0.39 is 52.4 Å². The zero-order valence-corrected chi connectivity index (χ0v) is 19.3. The molecule has 1 saturated heterocycles. The van der Waals surface area contributed by atoms with Crippen molar-refractivity contribution < 1.29 is 32.3 Å². The van der Waals surface area contributed by atoms with E-state index in [9.17, 15) is 27.6 Å². The lowest BCUT2D eigenvalue weighted by molar-refractivity contribution is -0.147. The molecule has 2 heterocycles. The van der Waals surface area contributed by atoms with Gasteiger partial charge in [0.15, 0.2) is 12.4 Å². The van der Waals surface area contributed by atoms with Crippen LogP contribution in [0, 0.1) is 0 Å². The summed E-state index contributed by atoms with van der Waals surface area (Å²) in [4.78, 5) is 50.7. The predicted molar refractivity (Wildman–Crippen MR) is 118 cm³/mol. The molecule has 0 unspecified atom stereocenters. The second-order valence-corrected chi connectivity index (χ2v) is 10.7. The second-order valence-electron chi connectivity index (χ2n) is 8.83. The molecule has 1 aromatic rings. The Morgan fingerprint density at radius 3 is 2.55 bits per heavy atom. The van der Waals surface area contributed by atoms with E-state index in [0.717, 1.165) is 36.0 Å². The minimum Gasteiger partial charge on any atom is -0.456 e. The van der Waals surface area contributed by atoms with Gasteiger partial charge in [-0.2, -0.15) is 0 Å².